The molecule has 27 heavy (non-hydrogen) atoms. The van der Waals surface area contributed by atoms with Gasteiger partial charge in [0.15, 0.2) is 5.13 Å². The fourth-order valence-corrected chi connectivity index (χ4v) is 4.49. The zero-order valence-electron chi connectivity index (χ0n) is 16.4. The molecule has 0 spiro atoms. The van der Waals surface area contributed by atoms with E-state index < -0.39 is 0 Å². The Morgan fingerprint density at radius 3 is 2.59 bits per heavy atom. The van der Waals surface area contributed by atoms with Crippen molar-refractivity contribution in [3.8, 4) is 17.0 Å². The number of hydrogen-bond donors (Lipinski definition) is 1. The van der Waals surface area contributed by atoms with Crippen molar-refractivity contribution in [2.24, 2.45) is 11.8 Å². The first-order valence-corrected chi connectivity index (χ1v) is 11.1. The molecule has 1 heterocycles. The van der Waals surface area contributed by atoms with Gasteiger partial charge in [0.2, 0.25) is 5.91 Å². The minimum atomic E-state index is 0.136. The molecule has 1 N–H and O–H groups in total. The Labute approximate surface area is 166 Å². The summed E-state index contributed by atoms with van der Waals surface area (Å²) >= 11 is 1.49. The van der Waals surface area contributed by atoms with E-state index in [1.165, 1.54) is 43.4 Å². The topological polar surface area (TPSA) is 51.2 Å². The molecule has 146 valence electrons. The Bertz CT molecular complexity index is 718. The number of benzene rings is 1. The highest BCUT2D eigenvalue weighted by Crippen LogP contribution is 2.33. The molecule has 0 bridgehead atoms. The lowest BCUT2D eigenvalue weighted by atomic mass is 9.79. The van der Waals surface area contributed by atoms with Crippen molar-refractivity contribution in [3.05, 3.63) is 29.6 Å². The van der Waals surface area contributed by atoms with Crippen molar-refractivity contribution in [1.29, 1.82) is 0 Å². The quantitative estimate of drug-likeness (QED) is 0.592. The molecule has 1 fully saturated rings. The van der Waals surface area contributed by atoms with E-state index in [1.807, 2.05) is 36.6 Å². The van der Waals surface area contributed by atoms with Gasteiger partial charge in [0.1, 0.15) is 5.75 Å². The van der Waals surface area contributed by atoms with Crippen LogP contribution in [0.5, 0.6) is 5.75 Å². The van der Waals surface area contributed by atoms with Crippen LogP contribution >= 0.6 is 11.3 Å². The average Bonchev–Trinajstić information content (AvgIpc) is 3.16. The maximum absolute atomic E-state index is 12.6. The predicted octanol–water partition coefficient (Wildman–Crippen LogP) is 6.14. The zero-order valence-corrected chi connectivity index (χ0v) is 17.2. The molecular formula is C22H30N2O2S. The normalized spacial score (nSPS) is 19.6. The summed E-state index contributed by atoms with van der Waals surface area (Å²) in [5, 5.41) is 5.72. The summed E-state index contributed by atoms with van der Waals surface area (Å²) in [6.07, 6.45) is 8.30. The highest BCUT2D eigenvalue weighted by molar-refractivity contribution is 7.14. The molecule has 0 saturated heterocycles. The van der Waals surface area contributed by atoms with Crippen molar-refractivity contribution < 1.29 is 9.53 Å². The molecule has 0 radical (unpaired) electrons. The summed E-state index contributed by atoms with van der Waals surface area (Å²) in [7, 11) is 0. The van der Waals surface area contributed by atoms with Gasteiger partial charge >= 0.3 is 0 Å². The molecule has 1 aromatic carbocycles. The molecule has 2 aromatic rings. The van der Waals surface area contributed by atoms with Gasteiger partial charge in [-0.25, -0.2) is 4.98 Å². The van der Waals surface area contributed by atoms with Crippen LogP contribution in [0.25, 0.3) is 11.3 Å². The Kier molecular flexibility index (Phi) is 7.27. The highest BCUT2D eigenvalue weighted by atomic mass is 32.1. The van der Waals surface area contributed by atoms with Gasteiger partial charge < -0.3 is 10.1 Å². The number of nitrogens with zero attached hydrogens (tertiary/aromatic N) is 1. The minimum absolute atomic E-state index is 0.136. The molecule has 4 nitrogen and oxygen atoms in total. The Morgan fingerprint density at radius 2 is 1.93 bits per heavy atom. The number of aromatic nitrogens is 1. The van der Waals surface area contributed by atoms with Crippen LogP contribution in [0.4, 0.5) is 5.13 Å². The fourth-order valence-electron chi connectivity index (χ4n) is 3.77. The lowest BCUT2D eigenvalue weighted by Gasteiger charge is -2.27. The number of nitrogens with one attached hydrogen (secondary N) is 1. The fraction of sp³-hybridized carbons (Fsp3) is 0.545. The van der Waals surface area contributed by atoms with Crippen molar-refractivity contribution in [1.82, 2.24) is 4.98 Å². The number of unbranched alkanes of at least 4 members (excludes halogenated alkanes) is 1. The van der Waals surface area contributed by atoms with Gasteiger partial charge in [0.25, 0.3) is 0 Å². The van der Waals surface area contributed by atoms with Gasteiger partial charge in [-0.2, -0.15) is 0 Å². The summed E-state index contributed by atoms with van der Waals surface area (Å²) in [6.45, 7) is 4.88. The lowest BCUT2D eigenvalue weighted by Crippen LogP contribution is -2.27. The number of thiazole rings is 1. The molecule has 1 aromatic heterocycles. The van der Waals surface area contributed by atoms with Crippen LogP contribution in [0.1, 0.15) is 58.8 Å². The van der Waals surface area contributed by atoms with Gasteiger partial charge in [-0.15, -0.1) is 11.3 Å². The second kappa shape index (κ2) is 9.88. The van der Waals surface area contributed by atoms with E-state index in [1.54, 1.807) is 0 Å². The van der Waals surface area contributed by atoms with Crippen LogP contribution in [0, 0.1) is 11.8 Å². The molecule has 0 atom stereocenters. The molecule has 3 rings (SSSR count). The predicted molar refractivity (Wildman–Crippen MR) is 112 cm³/mol. The minimum Gasteiger partial charge on any atom is -0.494 e. The third kappa shape index (κ3) is 5.55. The first kappa shape index (κ1) is 19.9. The number of carbonyl (C=O) groups excluding carboxylic acids is 1. The van der Waals surface area contributed by atoms with E-state index in [9.17, 15) is 4.79 Å². The number of carbonyl (C=O) groups is 1. The van der Waals surface area contributed by atoms with Gasteiger partial charge in [-0.05, 0) is 62.8 Å². The summed E-state index contributed by atoms with van der Waals surface area (Å²) < 4.78 is 5.48. The van der Waals surface area contributed by atoms with Crippen LogP contribution in [-0.4, -0.2) is 17.5 Å². The van der Waals surface area contributed by atoms with E-state index >= 15 is 0 Å². The maximum Gasteiger partial charge on any atom is 0.229 e. The van der Waals surface area contributed by atoms with Gasteiger partial charge in [0.05, 0.1) is 12.3 Å². The smallest absolute Gasteiger partial charge is 0.229 e. The van der Waals surface area contributed by atoms with Gasteiger partial charge in [-0.3, -0.25) is 4.79 Å². The van der Waals surface area contributed by atoms with E-state index in [2.05, 4.69) is 17.2 Å². The Morgan fingerprint density at radius 1 is 1.19 bits per heavy atom. The SMILES string of the molecule is CCCCC1CCC(C(=O)Nc2nc(-c3ccc(OCC)cc3)cs2)CC1. The molecule has 1 saturated carbocycles. The van der Waals surface area contributed by atoms with Crippen LogP contribution in [-0.2, 0) is 4.79 Å². The second-order valence-electron chi connectivity index (χ2n) is 7.34. The maximum atomic E-state index is 12.6. The summed E-state index contributed by atoms with van der Waals surface area (Å²) in [5.41, 5.74) is 1.92. The molecule has 0 unspecified atom stereocenters. The standard InChI is InChI=1S/C22H30N2O2S/c1-3-5-6-16-7-9-18(10-8-16)21(25)24-22-23-20(15-27-22)17-11-13-19(14-12-17)26-4-2/h11-16,18H,3-10H2,1-2H3,(H,23,24,25). The van der Waals surface area contributed by atoms with E-state index in [-0.39, 0.29) is 11.8 Å². The molecule has 1 amide bonds. The molecule has 0 aliphatic heterocycles. The van der Waals surface area contributed by atoms with Gasteiger partial charge in [-0.1, -0.05) is 26.2 Å². The van der Waals surface area contributed by atoms with Crippen LogP contribution < -0.4 is 10.1 Å². The Hall–Kier alpha value is -1.88. The van der Waals surface area contributed by atoms with E-state index in [0.717, 1.165) is 35.8 Å². The molecule has 5 heteroatoms. The molecule has 1 aliphatic carbocycles. The Balaban J connectivity index is 1.52. The highest BCUT2D eigenvalue weighted by Gasteiger charge is 2.26. The van der Waals surface area contributed by atoms with Crippen molar-refractivity contribution in [2.75, 3.05) is 11.9 Å². The monoisotopic (exact) mass is 386 g/mol. The number of amides is 1. The second-order valence-corrected chi connectivity index (χ2v) is 8.20. The first-order chi connectivity index (χ1) is 13.2. The average molecular weight is 387 g/mol. The van der Waals surface area contributed by atoms with Crippen LogP contribution in [0.2, 0.25) is 0 Å². The van der Waals surface area contributed by atoms with Crippen molar-refractivity contribution >= 4 is 22.4 Å². The largest absolute Gasteiger partial charge is 0.494 e. The summed E-state index contributed by atoms with van der Waals surface area (Å²) in [6, 6.07) is 7.91. The van der Waals surface area contributed by atoms with Crippen molar-refractivity contribution in [3.63, 3.8) is 0 Å². The summed E-state index contributed by atoms with van der Waals surface area (Å²) in [5.74, 6) is 1.96. The van der Waals surface area contributed by atoms with E-state index in [4.69, 9.17) is 4.74 Å². The number of ether oxygens (including phenoxy) is 1. The number of rotatable bonds is 8. The van der Waals surface area contributed by atoms with Crippen LogP contribution in [0.15, 0.2) is 29.6 Å². The lowest BCUT2D eigenvalue weighted by molar-refractivity contribution is -0.121. The number of hydrogen-bond acceptors (Lipinski definition) is 4. The number of anilines is 1. The van der Waals surface area contributed by atoms with Crippen LogP contribution in [0.3, 0.4) is 0 Å². The van der Waals surface area contributed by atoms with Crippen molar-refractivity contribution in [2.45, 2.75) is 58.8 Å². The third-order valence-corrected chi connectivity index (χ3v) is 6.14. The van der Waals surface area contributed by atoms with E-state index in [0.29, 0.717) is 11.7 Å². The van der Waals surface area contributed by atoms with Gasteiger partial charge in [0, 0.05) is 16.9 Å². The molecular weight excluding hydrogens is 356 g/mol. The third-order valence-electron chi connectivity index (χ3n) is 5.38. The first-order valence-electron chi connectivity index (χ1n) is 10.2. The molecule has 1 aliphatic rings. The summed E-state index contributed by atoms with van der Waals surface area (Å²) in [4.78, 5) is 17.2. The zero-order chi connectivity index (χ0) is 19.1.